The van der Waals surface area contributed by atoms with Crippen LogP contribution < -0.4 is 0 Å². The first kappa shape index (κ1) is 11.0. The molecule has 1 rings (SSSR count). The van der Waals surface area contributed by atoms with Gasteiger partial charge in [-0.2, -0.15) is 0 Å². The summed E-state index contributed by atoms with van der Waals surface area (Å²) in [7, 11) is 0. The van der Waals surface area contributed by atoms with Crippen LogP contribution in [0.25, 0.3) is 0 Å². The third kappa shape index (κ3) is 2.22. The van der Waals surface area contributed by atoms with Gasteiger partial charge < -0.3 is 4.57 Å². The molecule has 0 aliphatic carbocycles. The first-order valence-corrected chi connectivity index (χ1v) is 4.98. The molecule has 14 heavy (non-hydrogen) atoms. The van der Waals surface area contributed by atoms with Crippen LogP contribution in [0.4, 0.5) is 0 Å². The van der Waals surface area contributed by atoms with Crippen LogP contribution in [0.2, 0.25) is 0 Å². The van der Waals surface area contributed by atoms with Gasteiger partial charge in [0.05, 0.1) is 0 Å². The summed E-state index contributed by atoms with van der Waals surface area (Å²) in [4.78, 5) is 15.4. The molecule has 0 radical (unpaired) electrons. The van der Waals surface area contributed by atoms with E-state index in [0.717, 1.165) is 12.4 Å². The van der Waals surface area contributed by atoms with Crippen LogP contribution >= 0.6 is 0 Å². The van der Waals surface area contributed by atoms with E-state index in [1.807, 2.05) is 6.20 Å². The Hall–Kier alpha value is -1.12. The number of aromatic nitrogens is 2. The molecule has 0 unspecified atom stereocenters. The largest absolute Gasteiger partial charge is 0.335 e. The summed E-state index contributed by atoms with van der Waals surface area (Å²) < 4.78 is 2.09. The van der Waals surface area contributed by atoms with Gasteiger partial charge >= 0.3 is 0 Å². The molecule has 1 heterocycles. The highest BCUT2D eigenvalue weighted by molar-refractivity contribution is 5.76. The topological polar surface area (TPSA) is 34.9 Å². The highest BCUT2D eigenvalue weighted by Crippen LogP contribution is 2.25. The zero-order valence-corrected chi connectivity index (χ0v) is 9.37. The Morgan fingerprint density at radius 1 is 1.57 bits per heavy atom. The first-order chi connectivity index (χ1) is 6.47. The molecule has 3 nitrogen and oxygen atoms in total. The molecule has 0 aliphatic rings. The van der Waals surface area contributed by atoms with Crippen molar-refractivity contribution in [2.75, 3.05) is 0 Å². The van der Waals surface area contributed by atoms with Crippen LogP contribution in [0.1, 0.15) is 39.9 Å². The lowest BCUT2D eigenvalue weighted by Crippen LogP contribution is -2.25. The van der Waals surface area contributed by atoms with Gasteiger partial charge in [0.25, 0.3) is 0 Å². The number of imidazole rings is 1. The number of Topliss-reactive ketones (excluding diaryl/α,β-unsaturated/α-hetero) is 1. The molecule has 0 aromatic carbocycles. The minimum absolute atomic E-state index is 0.161. The van der Waals surface area contributed by atoms with E-state index in [9.17, 15) is 4.79 Å². The Kier molecular flexibility index (Phi) is 3.09. The first-order valence-electron chi connectivity index (χ1n) is 4.98. The molecule has 3 heteroatoms. The molecule has 0 bridgehead atoms. The van der Waals surface area contributed by atoms with Gasteiger partial charge in [0.2, 0.25) is 0 Å². The van der Waals surface area contributed by atoms with Gasteiger partial charge in [-0.15, -0.1) is 0 Å². The third-order valence-corrected chi connectivity index (χ3v) is 2.35. The van der Waals surface area contributed by atoms with Crippen molar-refractivity contribution in [3.63, 3.8) is 0 Å². The monoisotopic (exact) mass is 194 g/mol. The maximum Gasteiger partial charge on any atom is 0.130 e. The van der Waals surface area contributed by atoms with Gasteiger partial charge in [-0.1, -0.05) is 13.8 Å². The molecule has 0 atom stereocenters. The second kappa shape index (κ2) is 3.95. The molecule has 0 saturated carbocycles. The van der Waals surface area contributed by atoms with Crippen LogP contribution in [-0.4, -0.2) is 15.3 Å². The van der Waals surface area contributed by atoms with Crippen molar-refractivity contribution in [1.82, 2.24) is 9.55 Å². The van der Waals surface area contributed by atoms with Crippen LogP contribution in [0.15, 0.2) is 12.4 Å². The quantitative estimate of drug-likeness (QED) is 0.736. The zero-order chi connectivity index (χ0) is 10.8. The van der Waals surface area contributed by atoms with Crippen molar-refractivity contribution in [1.29, 1.82) is 0 Å². The number of carbonyl (C=O) groups is 1. The SMILES string of the molecule is CCn1ccnc1C(C)(C)CC(C)=O. The second-order valence-electron chi connectivity index (χ2n) is 4.30. The van der Waals surface area contributed by atoms with Gasteiger partial charge in [-0.05, 0) is 13.8 Å². The minimum Gasteiger partial charge on any atom is -0.335 e. The number of rotatable bonds is 4. The molecule has 0 aliphatic heterocycles. The summed E-state index contributed by atoms with van der Waals surface area (Å²) >= 11 is 0. The van der Waals surface area contributed by atoms with Gasteiger partial charge in [-0.25, -0.2) is 4.98 Å². The molecular weight excluding hydrogens is 176 g/mol. The Bertz CT molecular complexity index is 326. The lowest BCUT2D eigenvalue weighted by molar-refractivity contribution is -0.118. The standard InChI is InChI=1S/C11H18N2O/c1-5-13-7-6-12-10(13)11(3,4)8-9(2)14/h6-7H,5,8H2,1-4H3. The summed E-state index contributed by atoms with van der Waals surface area (Å²) in [6.07, 6.45) is 4.29. The fourth-order valence-electron chi connectivity index (χ4n) is 1.85. The van der Waals surface area contributed by atoms with Crippen molar-refractivity contribution in [2.24, 2.45) is 0 Å². The van der Waals surface area contributed by atoms with E-state index in [-0.39, 0.29) is 11.2 Å². The van der Waals surface area contributed by atoms with E-state index < -0.39 is 0 Å². The lowest BCUT2D eigenvalue weighted by atomic mass is 9.86. The molecule has 0 fully saturated rings. The Labute approximate surface area is 85.2 Å². The van der Waals surface area contributed by atoms with Crippen LogP contribution in [0.3, 0.4) is 0 Å². The average molecular weight is 194 g/mol. The van der Waals surface area contributed by atoms with E-state index in [1.54, 1.807) is 13.1 Å². The Morgan fingerprint density at radius 3 is 2.71 bits per heavy atom. The highest BCUT2D eigenvalue weighted by atomic mass is 16.1. The lowest BCUT2D eigenvalue weighted by Gasteiger charge is -2.23. The predicted molar refractivity (Wildman–Crippen MR) is 56.2 cm³/mol. The number of hydrogen-bond acceptors (Lipinski definition) is 2. The number of carbonyl (C=O) groups excluding carboxylic acids is 1. The minimum atomic E-state index is -0.161. The Morgan fingerprint density at radius 2 is 2.21 bits per heavy atom. The van der Waals surface area contributed by atoms with Crippen molar-refractivity contribution in [3.05, 3.63) is 18.2 Å². The summed E-state index contributed by atoms with van der Waals surface area (Å²) in [6.45, 7) is 8.72. The molecule has 0 saturated heterocycles. The van der Waals surface area contributed by atoms with Gasteiger partial charge in [-0.3, -0.25) is 4.79 Å². The molecule has 1 aromatic rings. The van der Waals surface area contributed by atoms with E-state index in [4.69, 9.17) is 0 Å². The Balaban J connectivity index is 2.96. The molecule has 0 spiro atoms. The summed E-state index contributed by atoms with van der Waals surface area (Å²) in [6, 6.07) is 0. The van der Waals surface area contributed by atoms with Crippen LogP contribution in [0.5, 0.6) is 0 Å². The van der Waals surface area contributed by atoms with Crippen LogP contribution in [0, 0.1) is 0 Å². The maximum atomic E-state index is 11.1. The van der Waals surface area contributed by atoms with E-state index in [0.29, 0.717) is 6.42 Å². The summed E-state index contributed by atoms with van der Waals surface area (Å²) in [5.41, 5.74) is -0.161. The smallest absolute Gasteiger partial charge is 0.130 e. The second-order valence-corrected chi connectivity index (χ2v) is 4.30. The van der Waals surface area contributed by atoms with Crippen molar-refractivity contribution < 1.29 is 4.79 Å². The van der Waals surface area contributed by atoms with E-state index in [2.05, 4.69) is 30.3 Å². The van der Waals surface area contributed by atoms with Gasteiger partial charge in [0.1, 0.15) is 11.6 Å². The molecule has 0 N–H and O–H groups in total. The van der Waals surface area contributed by atoms with Crippen molar-refractivity contribution >= 4 is 5.78 Å². The fourth-order valence-corrected chi connectivity index (χ4v) is 1.85. The van der Waals surface area contributed by atoms with E-state index >= 15 is 0 Å². The number of nitrogens with zero attached hydrogens (tertiary/aromatic N) is 2. The van der Waals surface area contributed by atoms with Gasteiger partial charge in [0.15, 0.2) is 0 Å². The van der Waals surface area contributed by atoms with Crippen LogP contribution in [-0.2, 0) is 16.8 Å². The molecule has 1 aromatic heterocycles. The highest BCUT2D eigenvalue weighted by Gasteiger charge is 2.26. The van der Waals surface area contributed by atoms with Crippen molar-refractivity contribution in [2.45, 2.75) is 46.1 Å². The summed E-state index contributed by atoms with van der Waals surface area (Å²) in [5.74, 6) is 1.20. The number of aryl methyl sites for hydroxylation is 1. The zero-order valence-electron chi connectivity index (χ0n) is 9.37. The number of hydrogen-bond donors (Lipinski definition) is 0. The molecule has 78 valence electrons. The molecular formula is C11H18N2O. The van der Waals surface area contributed by atoms with Crippen molar-refractivity contribution in [3.8, 4) is 0 Å². The van der Waals surface area contributed by atoms with Gasteiger partial charge in [0, 0.05) is 30.8 Å². The average Bonchev–Trinajstić information content (AvgIpc) is 2.48. The normalized spacial score (nSPS) is 11.7. The van der Waals surface area contributed by atoms with E-state index in [1.165, 1.54) is 0 Å². The number of ketones is 1. The summed E-state index contributed by atoms with van der Waals surface area (Å²) in [5, 5.41) is 0. The fraction of sp³-hybridized carbons (Fsp3) is 0.636. The maximum absolute atomic E-state index is 11.1. The molecule has 0 amide bonds. The predicted octanol–water partition coefficient (Wildman–Crippen LogP) is 2.16. The third-order valence-electron chi connectivity index (χ3n) is 2.35.